The first-order valence-corrected chi connectivity index (χ1v) is 10.7. The molecule has 1 aliphatic heterocycles. The van der Waals surface area contributed by atoms with Gasteiger partial charge in [-0.2, -0.15) is 0 Å². The maximum Gasteiger partial charge on any atom is 0.233 e. The molecule has 154 valence electrons. The molecule has 0 radical (unpaired) electrons. The zero-order chi connectivity index (χ0) is 20.4. The minimum atomic E-state index is -0.107. The van der Waals surface area contributed by atoms with E-state index >= 15 is 0 Å². The second kappa shape index (κ2) is 8.57. The van der Waals surface area contributed by atoms with Crippen LogP contribution >= 0.6 is 11.6 Å². The zero-order valence-electron chi connectivity index (χ0n) is 16.6. The highest BCUT2D eigenvalue weighted by Crippen LogP contribution is 2.52. The Bertz CT molecular complexity index is 823. The number of benzene rings is 1. The van der Waals surface area contributed by atoms with Gasteiger partial charge < -0.3 is 10.6 Å². The largest absolute Gasteiger partial charge is 0.356 e. The molecule has 6 nitrogen and oxygen atoms in total. The molecule has 2 amide bonds. The second-order valence-electron chi connectivity index (χ2n) is 7.95. The molecule has 2 N–H and O–H groups in total. The number of rotatable bonds is 7. The molecule has 2 aliphatic carbocycles. The highest BCUT2D eigenvalue weighted by Gasteiger charge is 2.58. The third-order valence-corrected chi connectivity index (χ3v) is 6.65. The van der Waals surface area contributed by atoms with Crippen molar-refractivity contribution in [3.63, 3.8) is 0 Å². The van der Waals surface area contributed by atoms with Gasteiger partial charge in [-0.15, -0.1) is 0 Å². The molecule has 2 fully saturated rings. The van der Waals surface area contributed by atoms with Crippen molar-refractivity contribution in [1.82, 2.24) is 15.5 Å². The van der Waals surface area contributed by atoms with Crippen molar-refractivity contribution < 1.29 is 9.59 Å². The summed E-state index contributed by atoms with van der Waals surface area (Å²) in [6.07, 6.45) is 6.72. The lowest BCUT2D eigenvalue weighted by molar-refractivity contribution is -0.140. The Hall–Kier alpha value is -2.34. The molecule has 0 spiro atoms. The van der Waals surface area contributed by atoms with E-state index < -0.39 is 0 Å². The van der Waals surface area contributed by atoms with Crippen molar-refractivity contribution in [2.24, 2.45) is 28.7 Å². The van der Waals surface area contributed by atoms with Gasteiger partial charge in [0.25, 0.3) is 0 Å². The number of imide groups is 1. The summed E-state index contributed by atoms with van der Waals surface area (Å²) in [6, 6.07) is 7.80. The molecule has 4 unspecified atom stereocenters. The topological polar surface area (TPSA) is 73.8 Å². The fraction of sp³-hybridized carbons (Fsp3) is 0.500. The number of guanidine groups is 1. The normalized spacial score (nSPS) is 27.7. The molecular weight excluding hydrogens is 388 g/mol. The SMILES string of the molecule is CN=C(NCCCN1C(=O)C2C3C=CC(C3)C2C1=O)NCCc1ccccc1Cl. The lowest BCUT2D eigenvalue weighted by Crippen LogP contribution is -2.40. The summed E-state index contributed by atoms with van der Waals surface area (Å²) in [5.41, 5.74) is 1.09. The van der Waals surface area contributed by atoms with E-state index in [0.717, 1.165) is 23.4 Å². The standard InChI is InChI=1S/C22H27ClN4O2/c1-24-22(26-11-9-14-5-2-3-6-17(14)23)25-10-4-12-27-20(28)18-15-7-8-16(13-15)19(18)21(27)29/h2-3,5-8,15-16,18-19H,4,9-13H2,1H3,(H2,24,25,26). The Morgan fingerprint density at radius 1 is 1.10 bits per heavy atom. The van der Waals surface area contributed by atoms with Gasteiger partial charge in [0.1, 0.15) is 0 Å². The predicted octanol–water partition coefficient (Wildman–Crippen LogP) is 2.24. The number of aliphatic imine (C=N–C) groups is 1. The van der Waals surface area contributed by atoms with Crippen LogP contribution in [0.1, 0.15) is 18.4 Å². The highest BCUT2D eigenvalue weighted by molar-refractivity contribution is 6.31. The van der Waals surface area contributed by atoms with E-state index in [2.05, 4.69) is 27.8 Å². The van der Waals surface area contributed by atoms with Crippen LogP contribution in [0.25, 0.3) is 0 Å². The van der Waals surface area contributed by atoms with E-state index in [1.165, 1.54) is 4.90 Å². The number of amides is 2. The van der Waals surface area contributed by atoms with E-state index in [1.54, 1.807) is 7.05 Å². The molecule has 1 aromatic rings. The predicted molar refractivity (Wildman–Crippen MR) is 114 cm³/mol. The first-order valence-electron chi connectivity index (χ1n) is 10.3. The molecule has 7 heteroatoms. The number of nitrogens with one attached hydrogen (secondary N) is 2. The van der Waals surface area contributed by atoms with Crippen molar-refractivity contribution in [3.8, 4) is 0 Å². The maximum absolute atomic E-state index is 12.7. The highest BCUT2D eigenvalue weighted by atomic mass is 35.5. The van der Waals surface area contributed by atoms with Crippen molar-refractivity contribution in [1.29, 1.82) is 0 Å². The lowest BCUT2D eigenvalue weighted by Gasteiger charge is -2.18. The van der Waals surface area contributed by atoms with Crippen LogP contribution in [0.4, 0.5) is 0 Å². The van der Waals surface area contributed by atoms with Crippen molar-refractivity contribution in [2.45, 2.75) is 19.3 Å². The van der Waals surface area contributed by atoms with E-state index in [9.17, 15) is 9.59 Å². The molecule has 2 bridgehead atoms. The van der Waals surface area contributed by atoms with Crippen molar-refractivity contribution in [2.75, 3.05) is 26.7 Å². The average molecular weight is 415 g/mol. The average Bonchev–Trinajstić information content (AvgIpc) is 3.40. The summed E-state index contributed by atoms with van der Waals surface area (Å²) in [5, 5.41) is 7.29. The minimum Gasteiger partial charge on any atom is -0.356 e. The summed E-state index contributed by atoms with van der Waals surface area (Å²) in [5.74, 6) is 1.08. The Morgan fingerprint density at radius 3 is 2.41 bits per heavy atom. The van der Waals surface area contributed by atoms with E-state index in [-0.39, 0.29) is 35.5 Å². The molecule has 1 heterocycles. The van der Waals surface area contributed by atoms with E-state index in [0.29, 0.717) is 32.0 Å². The molecule has 29 heavy (non-hydrogen) atoms. The molecule has 0 aromatic heterocycles. The van der Waals surface area contributed by atoms with Crippen LogP contribution in [0.2, 0.25) is 5.02 Å². The maximum atomic E-state index is 12.7. The van der Waals surface area contributed by atoms with E-state index in [1.807, 2.05) is 24.3 Å². The number of allylic oxidation sites excluding steroid dienone is 2. The number of carbonyl (C=O) groups excluding carboxylic acids is 2. The summed E-state index contributed by atoms with van der Waals surface area (Å²) < 4.78 is 0. The smallest absolute Gasteiger partial charge is 0.233 e. The molecule has 4 rings (SSSR count). The first-order chi connectivity index (χ1) is 14.1. The van der Waals surface area contributed by atoms with Gasteiger partial charge in [-0.3, -0.25) is 19.5 Å². The van der Waals surface area contributed by atoms with Crippen LogP contribution < -0.4 is 10.6 Å². The Kier molecular flexibility index (Phi) is 5.90. The van der Waals surface area contributed by atoms with Gasteiger partial charge in [0.05, 0.1) is 11.8 Å². The fourth-order valence-corrected chi connectivity index (χ4v) is 5.10. The number of likely N-dealkylation sites (tertiary alicyclic amines) is 1. The molecule has 3 aliphatic rings. The third kappa shape index (κ3) is 3.90. The fourth-order valence-electron chi connectivity index (χ4n) is 4.87. The summed E-state index contributed by atoms with van der Waals surface area (Å²) >= 11 is 6.18. The third-order valence-electron chi connectivity index (χ3n) is 6.28. The van der Waals surface area contributed by atoms with Gasteiger partial charge >= 0.3 is 0 Å². The summed E-state index contributed by atoms with van der Waals surface area (Å²) in [7, 11) is 1.72. The van der Waals surface area contributed by atoms with Crippen LogP contribution in [0.5, 0.6) is 0 Å². The minimum absolute atomic E-state index is 0.0269. The van der Waals surface area contributed by atoms with E-state index in [4.69, 9.17) is 11.6 Å². The van der Waals surface area contributed by atoms with Crippen LogP contribution in [0.15, 0.2) is 41.4 Å². The Morgan fingerprint density at radius 2 is 1.76 bits per heavy atom. The van der Waals surface area contributed by atoms with Gasteiger partial charge in [-0.05, 0) is 42.7 Å². The molecule has 1 aromatic carbocycles. The number of nitrogens with zero attached hydrogens (tertiary/aromatic N) is 2. The Labute approximate surface area is 176 Å². The number of fused-ring (bicyclic) bond motifs is 5. The molecule has 1 saturated heterocycles. The molecular formula is C22H27ClN4O2. The molecule has 4 atom stereocenters. The number of carbonyl (C=O) groups is 2. The van der Waals surface area contributed by atoms with Gasteiger partial charge in [0.15, 0.2) is 5.96 Å². The summed E-state index contributed by atoms with van der Waals surface area (Å²) in [4.78, 5) is 31.1. The van der Waals surface area contributed by atoms with Gasteiger partial charge in [0.2, 0.25) is 11.8 Å². The van der Waals surface area contributed by atoms with Gasteiger partial charge in [-0.1, -0.05) is 42.0 Å². The molecule has 1 saturated carbocycles. The second-order valence-corrected chi connectivity index (χ2v) is 8.36. The van der Waals surface area contributed by atoms with Crippen LogP contribution in [0.3, 0.4) is 0 Å². The lowest BCUT2D eigenvalue weighted by atomic mass is 9.85. The van der Waals surface area contributed by atoms with Crippen LogP contribution in [-0.4, -0.2) is 49.4 Å². The number of hydrogen-bond acceptors (Lipinski definition) is 3. The monoisotopic (exact) mass is 414 g/mol. The van der Waals surface area contributed by atoms with Gasteiger partial charge in [0, 0.05) is 31.7 Å². The van der Waals surface area contributed by atoms with Crippen molar-refractivity contribution >= 4 is 29.4 Å². The van der Waals surface area contributed by atoms with Crippen molar-refractivity contribution in [3.05, 3.63) is 47.0 Å². The van der Waals surface area contributed by atoms with Crippen LogP contribution in [0, 0.1) is 23.7 Å². The summed E-state index contributed by atoms with van der Waals surface area (Å²) in [6.45, 7) is 1.82. The van der Waals surface area contributed by atoms with Gasteiger partial charge in [-0.25, -0.2) is 0 Å². The number of halogens is 1. The Balaban J connectivity index is 1.19. The number of hydrogen-bond donors (Lipinski definition) is 2. The van der Waals surface area contributed by atoms with Crippen LogP contribution in [-0.2, 0) is 16.0 Å². The first kappa shape index (κ1) is 20.0. The zero-order valence-corrected chi connectivity index (χ0v) is 17.4. The quantitative estimate of drug-likeness (QED) is 0.236.